The number of ether oxygens (including phenoxy) is 2. The second-order valence-corrected chi connectivity index (χ2v) is 7.18. The number of hydrogen-bond acceptors (Lipinski definition) is 5. The summed E-state index contributed by atoms with van der Waals surface area (Å²) in [6.07, 6.45) is 1.15. The topological polar surface area (TPSA) is 105 Å². The number of carbonyl (C=O) groups excluding carboxylic acids is 2. The van der Waals surface area contributed by atoms with E-state index in [2.05, 4.69) is 10.0 Å². The van der Waals surface area contributed by atoms with Crippen LogP contribution in [0.1, 0.15) is 47.5 Å². The summed E-state index contributed by atoms with van der Waals surface area (Å²) in [6, 6.07) is -0.223. The molecule has 1 aliphatic rings. The predicted octanol–water partition coefficient (Wildman–Crippen LogP) is 3.26. The van der Waals surface area contributed by atoms with Gasteiger partial charge in [-0.15, -0.1) is 0 Å². The summed E-state index contributed by atoms with van der Waals surface area (Å²) >= 11 is 0. The molecule has 1 heterocycles. The molecule has 8 heteroatoms. The fourth-order valence-electron chi connectivity index (χ4n) is 2.66. The molecule has 1 fully saturated rings. The fourth-order valence-corrected chi connectivity index (χ4v) is 2.66. The van der Waals surface area contributed by atoms with Gasteiger partial charge >= 0.3 is 6.09 Å². The van der Waals surface area contributed by atoms with Crippen molar-refractivity contribution in [1.29, 1.82) is 0 Å². The Bertz CT molecular complexity index is 480. The van der Waals surface area contributed by atoms with Crippen LogP contribution in [0.3, 0.4) is 0 Å². The summed E-state index contributed by atoms with van der Waals surface area (Å²) in [5.74, 6) is -0.129. The van der Waals surface area contributed by atoms with Crippen molar-refractivity contribution in [2.24, 2.45) is 11.0 Å². The van der Waals surface area contributed by atoms with Crippen molar-refractivity contribution in [3.8, 4) is 0 Å². The number of amides is 1. The standard InChI is InChI=1S/C15H26N4O4/c1-14(2,3)23-13(21)19-12(10-22-15(19,4)5)8-11(6-7-20)9-17-18-16/h7,11-12H,6,8-10H2,1-5H3/t11-,12-/m0/s1. The van der Waals surface area contributed by atoms with Gasteiger partial charge in [-0.25, -0.2) is 4.79 Å². The number of azide groups is 1. The number of carbonyl (C=O) groups is 2. The normalized spacial score (nSPS) is 21.4. The molecule has 0 spiro atoms. The maximum absolute atomic E-state index is 12.5. The van der Waals surface area contributed by atoms with Crippen LogP contribution in [0.4, 0.5) is 4.79 Å². The molecule has 0 bridgehead atoms. The van der Waals surface area contributed by atoms with E-state index >= 15 is 0 Å². The lowest BCUT2D eigenvalue weighted by molar-refractivity contribution is -0.108. The van der Waals surface area contributed by atoms with Crippen LogP contribution < -0.4 is 0 Å². The van der Waals surface area contributed by atoms with Gasteiger partial charge in [0.05, 0.1) is 12.6 Å². The van der Waals surface area contributed by atoms with Crippen molar-refractivity contribution >= 4 is 12.4 Å². The van der Waals surface area contributed by atoms with Gasteiger partial charge in [0.2, 0.25) is 0 Å². The summed E-state index contributed by atoms with van der Waals surface area (Å²) in [5, 5.41) is 3.54. The maximum Gasteiger partial charge on any atom is 0.412 e. The summed E-state index contributed by atoms with van der Waals surface area (Å²) in [7, 11) is 0. The lowest BCUT2D eigenvalue weighted by atomic mass is 9.96. The van der Waals surface area contributed by atoms with Gasteiger partial charge in [0.25, 0.3) is 0 Å². The Morgan fingerprint density at radius 3 is 2.74 bits per heavy atom. The molecule has 130 valence electrons. The van der Waals surface area contributed by atoms with Crippen molar-refractivity contribution < 1.29 is 19.1 Å². The minimum Gasteiger partial charge on any atom is -0.444 e. The molecule has 2 atom stereocenters. The van der Waals surface area contributed by atoms with Crippen molar-refractivity contribution in [1.82, 2.24) is 4.90 Å². The molecule has 1 rings (SSSR count). The van der Waals surface area contributed by atoms with Crippen molar-refractivity contribution in [2.45, 2.75) is 64.8 Å². The minimum absolute atomic E-state index is 0.129. The minimum atomic E-state index is -0.781. The van der Waals surface area contributed by atoms with Gasteiger partial charge in [0, 0.05) is 17.9 Å². The summed E-state index contributed by atoms with van der Waals surface area (Å²) in [6.45, 7) is 9.60. The zero-order chi connectivity index (χ0) is 17.7. The molecule has 23 heavy (non-hydrogen) atoms. The van der Waals surface area contributed by atoms with Gasteiger partial charge < -0.3 is 14.3 Å². The summed E-state index contributed by atoms with van der Waals surface area (Å²) in [4.78, 5) is 27.6. The second-order valence-electron chi connectivity index (χ2n) is 7.18. The zero-order valence-electron chi connectivity index (χ0n) is 14.5. The van der Waals surface area contributed by atoms with E-state index in [0.717, 1.165) is 6.29 Å². The molecule has 0 aromatic rings. The molecule has 1 saturated heterocycles. The van der Waals surface area contributed by atoms with E-state index in [-0.39, 0.29) is 24.9 Å². The highest BCUT2D eigenvalue weighted by atomic mass is 16.6. The highest BCUT2D eigenvalue weighted by molar-refractivity contribution is 5.69. The maximum atomic E-state index is 12.5. The Labute approximate surface area is 136 Å². The van der Waals surface area contributed by atoms with Gasteiger partial charge in [0.1, 0.15) is 17.6 Å². The summed E-state index contributed by atoms with van der Waals surface area (Å²) < 4.78 is 11.2. The van der Waals surface area contributed by atoms with Crippen LogP contribution in [-0.2, 0) is 14.3 Å². The van der Waals surface area contributed by atoms with E-state index in [0.29, 0.717) is 13.0 Å². The first-order valence-electron chi connectivity index (χ1n) is 7.71. The molecule has 1 amide bonds. The van der Waals surface area contributed by atoms with Crippen molar-refractivity contribution in [2.75, 3.05) is 13.2 Å². The van der Waals surface area contributed by atoms with Crippen molar-refractivity contribution in [3.63, 3.8) is 0 Å². The molecular weight excluding hydrogens is 300 g/mol. The quantitative estimate of drug-likeness (QED) is 0.323. The number of nitrogens with zero attached hydrogens (tertiary/aromatic N) is 4. The number of aldehydes is 1. The van der Waals surface area contributed by atoms with Gasteiger partial charge in [-0.1, -0.05) is 5.11 Å². The first kappa shape index (κ1) is 19.3. The van der Waals surface area contributed by atoms with Crippen LogP contribution >= 0.6 is 0 Å². The molecular formula is C15H26N4O4. The highest BCUT2D eigenvalue weighted by Gasteiger charge is 2.46. The molecule has 0 aromatic carbocycles. The van der Waals surface area contributed by atoms with E-state index in [1.54, 1.807) is 39.5 Å². The molecule has 0 aromatic heterocycles. The van der Waals surface area contributed by atoms with E-state index in [1.807, 2.05) is 0 Å². The van der Waals surface area contributed by atoms with Gasteiger partial charge in [-0.2, -0.15) is 0 Å². The smallest absolute Gasteiger partial charge is 0.412 e. The first-order chi connectivity index (χ1) is 10.6. The Balaban J connectivity index is 2.88. The molecule has 8 nitrogen and oxygen atoms in total. The molecule has 0 aliphatic carbocycles. The predicted molar refractivity (Wildman–Crippen MR) is 84.7 cm³/mol. The third-order valence-electron chi connectivity index (χ3n) is 3.60. The lowest BCUT2D eigenvalue weighted by Gasteiger charge is -2.35. The fraction of sp³-hybridized carbons (Fsp3) is 0.867. The van der Waals surface area contributed by atoms with E-state index in [1.165, 1.54) is 0 Å². The van der Waals surface area contributed by atoms with Gasteiger partial charge in [-0.3, -0.25) is 4.90 Å². The zero-order valence-corrected chi connectivity index (χ0v) is 14.5. The van der Waals surface area contributed by atoms with Crippen LogP contribution in [-0.4, -0.2) is 47.8 Å². The van der Waals surface area contributed by atoms with E-state index < -0.39 is 17.4 Å². The Morgan fingerprint density at radius 2 is 2.22 bits per heavy atom. The van der Waals surface area contributed by atoms with Gasteiger partial charge in [0.15, 0.2) is 0 Å². The molecule has 0 radical (unpaired) electrons. The molecule has 0 unspecified atom stereocenters. The van der Waals surface area contributed by atoms with Crippen LogP contribution in [0.2, 0.25) is 0 Å². The van der Waals surface area contributed by atoms with Crippen molar-refractivity contribution in [3.05, 3.63) is 10.4 Å². The number of rotatable bonds is 6. The average Bonchev–Trinajstić information content (AvgIpc) is 2.69. The molecule has 0 N–H and O–H groups in total. The SMILES string of the molecule is CC(C)(C)OC(=O)N1[C@@H](C[C@H](CC=O)CN=[N+]=[N-])COC1(C)C. The largest absolute Gasteiger partial charge is 0.444 e. The third-order valence-corrected chi connectivity index (χ3v) is 3.60. The Morgan fingerprint density at radius 1 is 1.57 bits per heavy atom. The second kappa shape index (κ2) is 7.66. The van der Waals surface area contributed by atoms with Crippen LogP contribution in [0, 0.1) is 5.92 Å². The number of hydrogen-bond donors (Lipinski definition) is 0. The van der Waals surface area contributed by atoms with Crippen LogP contribution in [0.15, 0.2) is 5.11 Å². The van der Waals surface area contributed by atoms with Crippen LogP contribution in [0.5, 0.6) is 0 Å². The van der Waals surface area contributed by atoms with Crippen LogP contribution in [0.25, 0.3) is 10.4 Å². The lowest BCUT2D eigenvalue weighted by Crippen LogP contribution is -2.50. The summed E-state index contributed by atoms with van der Waals surface area (Å²) in [5.41, 5.74) is 7.07. The van der Waals surface area contributed by atoms with E-state index in [9.17, 15) is 9.59 Å². The average molecular weight is 326 g/mol. The molecule has 0 saturated carbocycles. The monoisotopic (exact) mass is 326 g/mol. The van der Waals surface area contributed by atoms with Gasteiger partial charge in [-0.05, 0) is 52.5 Å². The third kappa shape index (κ3) is 5.73. The highest BCUT2D eigenvalue weighted by Crippen LogP contribution is 2.32. The molecule has 1 aliphatic heterocycles. The van der Waals surface area contributed by atoms with E-state index in [4.69, 9.17) is 15.0 Å². The Hall–Kier alpha value is -1.79. The first-order valence-corrected chi connectivity index (χ1v) is 7.71. The Kier molecular flexibility index (Phi) is 6.41.